The number of esters is 1. The number of carbonyl (C=O) groups excluding carboxylic acids is 2. The Morgan fingerprint density at radius 1 is 1.48 bits per heavy atom. The number of halogens is 1. The summed E-state index contributed by atoms with van der Waals surface area (Å²) >= 11 is 3.21. The largest absolute Gasteiger partial charge is 0.454 e. The summed E-state index contributed by atoms with van der Waals surface area (Å²) in [6.07, 6.45) is 7.37. The fourth-order valence-electron chi connectivity index (χ4n) is 2.18. The number of hydrogen-bond donors (Lipinski definition) is 0. The highest BCUT2D eigenvalue weighted by Gasteiger charge is 2.32. The van der Waals surface area contributed by atoms with Crippen LogP contribution >= 0.6 is 15.9 Å². The van der Waals surface area contributed by atoms with Crippen molar-refractivity contribution in [2.75, 3.05) is 14.2 Å². The minimum atomic E-state index is -0.765. The van der Waals surface area contributed by atoms with E-state index in [0.717, 1.165) is 12.0 Å². The summed E-state index contributed by atoms with van der Waals surface area (Å²) in [5.74, 6) is -0.624. The van der Waals surface area contributed by atoms with E-state index in [0.29, 0.717) is 6.42 Å². The molecule has 0 bridgehead atoms. The lowest BCUT2D eigenvalue weighted by atomic mass is 10.0. The first kappa shape index (κ1) is 19.8. The van der Waals surface area contributed by atoms with Crippen LogP contribution in [0.25, 0.3) is 0 Å². The standard InChI is InChI=1S/C17H23BrO5/c1-12(6-7-13(21-2)5-4-8-18)9-15(19)16-10-14(22-3)11-17(20)23-16/h4,6-9,13-14,16H,5,10-11H2,1-3H3/b7-6+,8-4+,12-9+/t13-,14-,16-/m1/s1. The molecule has 0 radical (unpaired) electrons. The molecule has 0 amide bonds. The van der Waals surface area contributed by atoms with E-state index in [1.807, 2.05) is 25.2 Å². The van der Waals surface area contributed by atoms with E-state index >= 15 is 0 Å². The second-order valence-electron chi connectivity index (χ2n) is 5.30. The summed E-state index contributed by atoms with van der Waals surface area (Å²) in [5, 5.41) is 0. The van der Waals surface area contributed by atoms with Gasteiger partial charge in [-0.15, -0.1) is 0 Å². The average Bonchev–Trinajstić information content (AvgIpc) is 2.54. The Bertz CT molecular complexity index is 495. The van der Waals surface area contributed by atoms with Crippen LogP contribution in [0.3, 0.4) is 0 Å². The lowest BCUT2D eigenvalue weighted by Crippen LogP contribution is -2.38. The molecule has 1 aliphatic rings. The monoisotopic (exact) mass is 386 g/mol. The summed E-state index contributed by atoms with van der Waals surface area (Å²) in [6, 6.07) is 0. The van der Waals surface area contributed by atoms with Gasteiger partial charge in [-0.2, -0.15) is 0 Å². The van der Waals surface area contributed by atoms with E-state index in [4.69, 9.17) is 14.2 Å². The van der Waals surface area contributed by atoms with Gasteiger partial charge in [0.25, 0.3) is 0 Å². The Labute approximate surface area is 145 Å². The van der Waals surface area contributed by atoms with Crippen LogP contribution in [0.4, 0.5) is 0 Å². The van der Waals surface area contributed by atoms with E-state index in [2.05, 4.69) is 15.9 Å². The van der Waals surface area contributed by atoms with Crippen molar-refractivity contribution in [2.24, 2.45) is 0 Å². The van der Waals surface area contributed by atoms with E-state index < -0.39 is 12.1 Å². The molecule has 0 aromatic rings. The third kappa shape index (κ3) is 7.24. The number of cyclic esters (lactones) is 1. The van der Waals surface area contributed by atoms with E-state index in [1.54, 1.807) is 12.1 Å². The summed E-state index contributed by atoms with van der Waals surface area (Å²) in [7, 11) is 3.16. The molecule has 0 saturated carbocycles. The number of ether oxygens (including phenoxy) is 3. The third-order valence-corrected chi connectivity index (χ3v) is 3.87. The predicted molar refractivity (Wildman–Crippen MR) is 91.3 cm³/mol. The molecule has 1 heterocycles. The van der Waals surface area contributed by atoms with Gasteiger partial charge in [0.05, 0.1) is 18.6 Å². The second kappa shape index (κ2) is 10.5. The van der Waals surface area contributed by atoms with Crippen molar-refractivity contribution in [2.45, 2.75) is 44.5 Å². The fourth-order valence-corrected chi connectivity index (χ4v) is 2.40. The van der Waals surface area contributed by atoms with Crippen molar-refractivity contribution in [3.8, 4) is 0 Å². The molecule has 0 unspecified atom stereocenters. The molecule has 23 heavy (non-hydrogen) atoms. The average molecular weight is 387 g/mol. The van der Waals surface area contributed by atoms with Gasteiger partial charge in [-0.1, -0.05) is 34.2 Å². The molecular weight excluding hydrogens is 364 g/mol. The molecule has 5 nitrogen and oxygen atoms in total. The van der Waals surface area contributed by atoms with Gasteiger partial charge < -0.3 is 14.2 Å². The lowest BCUT2D eigenvalue weighted by Gasteiger charge is -2.26. The van der Waals surface area contributed by atoms with Crippen LogP contribution in [0.1, 0.15) is 26.2 Å². The molecule has 1 aliphatic heterocycles. The van der Waals surface area contributed by atoms with Crippen LogP contribution in [0.5, 0.6) is 0 Å². The Morgan fingerprint density at radius 3 is 2.83 bits per heavy atom. The van der Waals surface area contributed by atoms with Crippen LogP contribution in [0, 0.1) is 0 Å². The van der Waals surface area contributed by atoms with Gasteiger partial charge in [-0.25, -0.2) is 0 Å². The Kier molecular flexibility index (Phi) is 9.06. The zero-order valence-electron chi connectivity index (χ0n) is 13.7. The highest BCUT2D eigenvalue weighted by molar-refractivity contribution is 9.11. The number of methoxy groups -OCH3 is 2. The molecule has 6 heteroatoms. The van der Waals surface area contributed by atoms with Crippen LogP contribution in [-0.4, -0.2) is 44.3 Å². The molecule has 0 aromatic carbocycles. The maximum absolute atomic E-state index is 12.2. The zero-order valence-corrected chi connectivity index (χ0v) is 15.2. The van der Waals surface area contributed by atoms with Gasteiger partial charge in [0, 0.05) is 20.6 Å². The quantitative estimate of drug-likeness (QED) is 0.364. The first-order valence-corrected chi connectivity index (χ1v) is 8.32. The Balaban J connectivity index is 2.65. The van der Waals surface area contributed by atoms with Gasteiger partial charge in [0.2, 0.25) is 0 Å². The minimum Gasteiger partial charge on any atom is -0.454 e. The van der Waals surface area contributed by atoms with Crippen LogP contribution < -0.4 is 0 Å². The van der Waals surface area contributed by atoms with Gasteiger partial charge in [0.1, 0.15) is 0 Å². The molecule has 0 aromatic heterocycles. The number of allylic oxidation sites excluding steroid dienone is 2. The van der Waals surface area contributed by atoms with E-state index in [-0.39, 0.29) is 24.4 Å². The first-order chi connectivity index (χ1) is 11.0. The maximum atomic E-state index is 12.2. The molecule has 3 atom stereocenters. The molecule has 1 rings (SSSR count). The molecular formula is C17H23BrO5. The lowest BCUT2D eigenvalue weighted by molar-refractivity contribution is -0.165. The molecule has 0 N–H and O–H groups in total. The van der Waals surface area contributed by atoms with Crippen molar-refractivity contribution >= 4 is 27.7 Å². The van der Waals surface area contributed by atoms with Crippen LogP contribution in [0.15, 0.2) is 34.9 Å². The van der Waals surface area contributed by atoms with Crippen LogP contribution in [0.2, 0.25) is 0 Å². The smallest absolute Gasteiger partial charge is 0.309 e. The number of rotatable bonds is 8. The van der Waals surface area contributed by atoms with E-state index in [1.165, 1.54) is 13.2 Å². The Hall–Kier alpha value is -1.24. The number of hydrogen-bond acceptors (Lipinski definition) is 5. The molecule has 128 valence electrons. The third-order valence-electron chi connectivity index (χ3n) is 3.50. The minimum absolute atomic E-state index is 0.0624. The predicted octanol–water partition coefficient (Wildman–Crippen LogP) is 3.09. The molecule has 0 spiro atoms. The summed E-state index contributed by atoms with van der Waals surface area (Å²) in [6.45, 7) is 1.82. The fraction of sp³-hybridized carbons (Fsp3) is 0.529. The van der Waals surface area contributed by atoms with Crippen LogP contribution in [-0.2, 0) is 23.8 Å². The molecule has 0 aliphatic carbocycles. The van der Waals surface area contributed by atoms with Crippen molar-refractivity contribution in [3.63, 3.8) is 0 Å². The summed E-state index contributed by atoms with van der Waals surface area (Å²) in [4.78, 5) is 25.5. The van der Waals surface area contributed by atoms with Gasteiger partial charge in [-0.05, 0) is 30.0 Å². The SMILES string of the molecule is CO[C@H]1CC(=O)O[C@@H](C(=O)/C=C(C)/C=C/[C@@H](C/C=C/Br)OC)C1. The van der Waals surface area contributed by atoms with Gasteiger partial charge in [0.15, 0.2) is 11.9 Å². The number of carbonyl (C=O) groups is 2. The first-order valence-electron chi connectivity index (χ1n) is 7.40. The second-order valence-corrected chi connectivity index (χ2v) is 5.83. The highest BCUT2D eigenvalue weighted by Crippen LogP contribution is 2.19. The molecule has 1 fully saturated rings. The normalized spacial score (nSPS) is 24.2. The van der Waals surface area contributed by atoms with E-state index in [9.17, 15) is 9.59 Å². The van der Waals surface area contributed by atoms with Crippen molar-refractivity contribution < 1.29 is 23.8 Å². The highest BCUT2D eigenvalue weighted by atomic mass is 79.9. The van der Waals surface area contributed by atoms with Crippen molar-refractivity contribution in [1.82, 2.24) is 0 Å². The Morgan fingerprint density at radius 2 is 2.22 bits per heavy atom. The summed E-state index contributed by atoms with van der Waals surface area (Å²) in [5.41, 5.74) is 0.774. The topological polar surface area (TPSA) is 61.8 Å². The van der Waals surface area contributed by atoms with Crippen molar-refractivity contribution in [1.29, 1.82) is 0 Å². The molecule has 1 saturated heterocycles. The van der Waals surface area contributed by atoms with Gasteiger partial charge >= 0.3 is 5.97 Å². The number of ketones is 1. The summed E-state index contributed by atoms with van der Waals surface area (Å²) < 4.78 is 15.6. The maximum Gasteiger partial charge on any atom is 0.309 e. The zero-order chi connectivity index (χ0) is 17.2. The van der Waals surface area contributed by atoms with Gasteiger partial charge in [-0.3, -0.25) is 9.59 Å². The van der Waals surface area contributed by atoms with Crippen molar-refractivity contribution in [3.05, 3.63) is 34.9 Å².